The molecule has 1 heterocycles. The molecule has 94 valence electrons. The number of rotatable bonds is 6. The molecule has 1 aliphatic rings. The Bertz CT molecular complexity index is 371. The molecule has 0 amide bonds. The minimum Gasteiger partial charge on any atom is -0.481 e. The van der Waals surface area contributed by atoms with Crippen molar-refractivity contribution in [2.24, 2.45) is 5.92 Å². The molecule has 1 fully saturated rings. The molecule has 2 rings (SSSR count). The van der Waals surface area contributed by atoms with Crippen LogP contribution in [0.15, 0.2) is 0 Å². The quantitative estimate of drug-likeness (QED) is 0.807. The first-order chi connectivity index (χ1) is 8.25. The van der Waals surface area contributed by atoms with E-state index in [1.165, 1.54) is 25.7 Å². The summed E-state index contributed by atoms with van der Waals surface area (Å²) >= 11 is 0. The second-order valence-electron chi connectivity index (χ2n) is 4.65. The van der Waals surface area contributed by atoms with Crippen molar-refractivity contribution in [3.05, 3.63) is 5.82 Å². The summed E-state index contributed by atoms with van der Waals surface area (Å²) < 4.78 is 1.61. The fraction of sp³-hybridized carbons (Fsp3) is 0.818. The van der Waals surface area contributed by atoms with E-state index in [-0.39, 0.29) is 6.42 Å². The summed E-state index contributed by atoms with van der Waals surface area (Å²) in [4.78, 5) is 10.5. The van der Waals surface area contributed by atoms with E-state index in [9.17, 15) is 4.79 Å². The van der Waals surface area contributed by atoms with Gasteiger partial charge in [0, 0.05) is 6.42 Å². The van der Waals surface area contributed by atoms with Crippen LogP contribution in [0.4, 0.5) is 0 Å². The number of tetrazole rings is 1. The zero-order valence-electron chi connectivity index (χ0n) is 9.88. The lowest BCUT2D eigenvalue weighted by Crippen LogP contribution is -2.10. The Morgan fingerprint density at radius 3 is 2.88 bits per heavy atom. The molecule has 0 aliphatic heterocycles. The first-order valence-electron chi connectivity index (χ1n) is 6.22. The number of nitrogens with zero attached hydrogens (tertiary/aromatic N) is 4. The highest BCUT2D eigenvalue weighted by atomic mass is 16.4. The number of carboxylic acid groups (broad SMARTS) is 1. The lowest BCUT2D eigenvalue weighted by atomic mass is 10.0. The number of aliphatic carboxylic acids is 1. The average molecular weight is 238 g/mol. The summed E-state index contributed by atoms with van der Waals surface area (Å²) in [6, 6.07) is 0. The minimum atomic E-state index is -0.817. The summed E-state index contributed by atoms with van der Waals surface area (Å²) in [5.41, 5.74) is 0. The van der Waals surface area contributed by atoms with Crippen LogP contribution in [-0.4, -0.2) is 31.3 Å². The Balaban J connectivity index is 1.82. The molecule has 1 saturated carbocycles. The molecule has 0 unspecified atom stereocenters. The van der Waals surface area contributed by atoms with E-state index in [4.69, 9.17) is 5.11 Å². The maximum Gasteiger partial charge on any atom is 0.305 e. The lowest BCUT2D eigenvalue weighted by molar-refractivity contribution is -0.137. The highest BCUT2D eigenvalue weighted by molar-refractivity contribution is 5.66. The fourth-order valence-electron chi connectivity index (χ4n) is 2.41. The van der Waals surface area contributed by atoms with E-state index >= 15 is 0 Å². The average Bonchev–Trinajstić information content (AvgIpc) is 2.95. The van der Waals surface area contributed by atoms with E-state index in [2.05, 4.69) is 15.5 Å². The molecule has 0 bridgehead atoms. The predicted molar refractivity (Wildman–Crippen MR) is 60.3 cm³/mol. The van der Waals surface area contributed by atoms with Crippen molar-refractivity contribution in [2.75, 3.05) is 0 Å². The first kappa shape index (κ1) is 12.0. The third-order valence-corrected chi connectivity index (χ3v) is 3.39. The highest BCUT2D eigenvalue weighted by Gasteiger charge is 2.16. The molecule has 0 saturated heterocycles. The Kier molecular flexibility index (Phi) is 4.06. The summed E-state index contributed by atoms with van der Waals surface area (Å²) in [5, 5.41) is 20.0. The number of aromatic nitrogens is 4. The molecule has 1 aliphatic carbocycles. The van der Waals surface area contributed by atoms with E-state index in [1.54, 1.807) is 4.68 Å². The van der Waals surface area contributed by atoms with Crippen molar-refractivity contribution in [3.63, 3.8) is 0 Å². The Labute approximate surface area is 100 Å². The third-order valence-electron chi connectivity index (χ3n) is 3.39. The SMILES string of the molecule is O=C(O)CCn1nnnc1CCC1CCCC1. The van der Waals surface area contributed by atoms with E-state index in [0.717, 1.165) is 24.6 Å². The van der Waals surface area contributed by atoms with Gasteiger partial charge >= 0.3 is 5.97 Å². The van der Waals surface area contributed by atoms with Crippen LogP contribution < -0.4 is 0 Å². The minimum absolute atomic E-state index is 0.0709. The Hall–Kier alpha value is -1.46. The molecule has 0 aromatic carbocycles. The van der Waals surface area contributed by atoms with Crippen LogP contribution in [0, 0.1) is 5.92 Å². The smallest absolute Gasteiger partial charge is 0.305 e. The summed E-state index contributed by atoms with van der Waals surface area (Å²) in [6.07, 6.45) is 7.36. The molecular formula is C11H18N4O2. The number of hydrogen-bond donors (Lipinski definition) is 1. The van der Waals surface area contributed by atoms with Crippen LogP contribution in [-0.2, 0) is 17.8 Å². The summed E-state index contributed by atoms with van der Waals surface area (Å²) in [6.45, 7) is 0.363. The van der Waals surface area contributed by atoms with E-state index < -0.39 is 5.97 Å². The van der Waals surface area contributed by atoms with Crippen LogP contribution >= 0.6 is 0 Å². The van der Waals surface area contributed by atoms with Gasteiger partial charge in [0.05, 0.1) is 13.0 Å². The number of hydrogen-bond acceptors (Lipinski definition) is 4. The third kappa shape index (κ3) is 3.51. The lowest BCUT2D eigenvalue weighted by Gasteiger charge is -2.07. The molecule has 17 heavy (non-hydrogen) atoms. The topological polar surface area (TPSA) is 80.9 Å². The fourth-order valence-corrected chi connectivity index (χ4v) is 2.41. The second-order valence-corrected chi connectivity index (χ2v) is 4.65. The van der Waals surface area contributed by atoms with Gasteiger partial charge in [-0.1, -0.05) is 25.7 Å². The number of aryl methyl sites for hydroxylation is 2. The van der Waals surface area contributed by atoms with Gasteiger partial charge in [-0.2, -0.15) is 0 Å². The number of carboxylic acids is 1. The summed E-state index contributed by atoms with van der Waals surface area (Å²) in [5.74, 6) is 0.806. The van der Waals surface area contributed by atoms with Gasteiger partial charge in [-0.05, 0) is 22.8 Å². The molecule has 6 nitrogen and oxygen atoms in total. The maximum atomic E-state index is 10.5. The largest absolute Gasteiger partial charge is 0.481 e. The van der Waals surface area contributed by atoms with Crippen LogP contribution in [0.5, 0.6) is 0 Å². The van der Waals surface area contributed by atoms with Gasteiger partial charge in [-0.15, -0.1) is 5.10 Å². The monoisotopic (exact) mass is 238 g/mol. The zero-order valence-corrected chi connectivity index (χ0v) is 9.88. The van der Waals surface area contributed by atoms with Crippen LogP contribution in [0.2, 0.25) is 0 Å². The summed E-state index contributed by atoms with van der Waals surface area (Å²) in [7, 11) is 0. The second kappa shape index (κ2) is 5.75. The molecule has 0 atom stereocenters. The van der Waals surface area contributed by atoms with Crippen molar-refractivity contribution in [3.8, 4) is 0 Å². The predicted octanol–water partition coefficient (Wildman–Crippen LogP) is 1.27. The van der Waals surface area contributed by atoms with Gasteiger partial charge in [0.1, 0.15) is 0 Å². The van der Waals surface area contributed by atoms with Gasteiger partial charge in [0.25, 0.3) is 0 Å². The van der Waals surface area contributed by atoms with Crippen molar-refractivity contribution in [1.29, 1.82) is 0 Å². The van der Waals surface area contributed by atoms with Crippen LogP contribution in [0.3, 0.4) is 0 Å². The molecular weight excluding hydrogens is 220 g/mol. The highest BCUT2D eigenvalue weighted by Crippen LogP contribution is 2.28. The maximum absolute atomic E-state index is 10.5. The Morgan fingerprint density at radius 2 is 2.18 bits per heavy atom. The van der Waals surface area contributed by atoms with Crippen molar-refractivity contribution in [1.82, 2.24) is 20.2 Å². The molecule has 6 heteroatoms. The Morgan fingerprint density at radius 1 is 1.41 bits per heavy atom. The van der Waals surface area contributed by atoms with Crippen molar-refractivity contribution >= 4 is 5.97 Å². The van der Waals surface area contributed by atoms with Gasteiger partial charge in [-0.3, -0.25) is 4.79 Å². The molecule has 1 aromatic heterocycles. The molecule has 0 spiro atoms. The number of carbonyl (C=O) groups is 1. The standard InChI is InChI=1S/C11H18N4O2/c16-11(17)7-8-15-10(12-13-14-15)6-5-9-3-1-2-4-9/h9H,1-8H2,(H,16,17). The zero-order chi connectivity index (χ0) is 12.1. The van der Waals surface area contributed by atoms with E-state index in [0.29, 0.717) is 6.54 Å². The van der Waals surface area contributed by atoms with Gasteiger partial charge in [-0.25, -0.2) is 4.68 Å². The van der Waals surface area contributed by atoms with E-state index in [1.807, 2.05) is 0 Å². The first-order valence-corrected chi connectivity index (χ1v) is 6.22. The van der Waals surface area contributed by atoms with Gasteiger partial charge in [0.2, 0.25) is 0 Å². The van der Waals surface area contributed by atoms with Gasteiger partial charge in [0.15, 0.2) is 5.82 Å². The van der Waals surface area contributed by atoms with Gasteiger partial charge < -0.3 is 5.11 Å². The van der Waals surface area contributed by atoms with Crippen molar-refractivity contribution in [2.45, 2.75) is 51.5 Å². The normalized spacial score (nSPS) is 16.5. The van der Waals surface area contributed by atoms with Crippen LogP contribution in [0.25, 0.3) is 0 Å². The van der Waals surface area contributed by atoms with Crippen LogP contribution in [0.1, 0.15) is 44.3 Å². The molecule has 0 radical (unpaired) electrons. The van der Waals surface area contributed by atoms with Crippen molar-refractivity contribution < 1.29 is 9.90 Å². The molecule has 1 aromatic rings. The molecule has 1 N–H and O–H groups in total.